The fraction of sp³-hybridized carbons (Fsp3) is 0.833. The molecule has 0 radical (unpaired) electrons. The first kappa shape index (κ1) is 18.7. The number of hydrogen-bond acceptors (Lipinski definition) is 4. The molecule has 4 aliphatic carbocycles. The number of rotatable bonds is 1. The number of carbonyl (C=O) groups excluding carboxylic acids is 2. The maximum atomic E-state index is 12.2. The van der Waals surface area contributed by atoms with Gasteiger partial charge in [0.05, 0.1) is 5.92 Å². The van der Waals surface area contributed by atoms with E-state index in [2.05, 4.69) is 26.8 Å². The van der Waals surface area contributed by atoms with Crippen LogP contribution in [0.2, 0.25) is 0 Å². The van der Waals surface area contributed by atoms with Crippen molar-refractivity contribution in [1.82, 2.24) is 0 Å². The van der Waals surface area contributed by atoms with Gasteiger partial charge in [-0.05, 0) is 67.1 Å². The summed E-state index contributed by atoms with van der Waals surface area (Å²) in [5.74, 6) is 2.42. The van der Waals surface area contributed by atoms with Crippen molar-refractivity contribution in [3.8, 4) is 0 Å². The van der Waals surface area contributed by atoms with Gasteiger partial charge in [-0.15, -0.1) is 0 Å². The second kappa shape index (κ2) is 6.09. The molecule has 0 aromatic carbocycles. The van der Waals surface area contributed by atoms with E-state index in [1.54, 1.807) is 0 Å². The van der Waals surface area contributed by atoms with Crippen LogP contribution in [0.15, 0.2) is 11.6 Å². The zero-order chi connectivity index (χ0) is 19.8. The highest BCUT2D eigenvalue weighted by Crippen LogP contribution is 2.68. The highest BCUT2D eigenvalue weighted by Gasteiger charge is 2.65. The van der Waals surface area contributed by atoms with Crippen molar-refractivity contribution in [2.75, 3.05) is 0 Å². The summed E-state index contributed by atoms with van der Waals surface area (Å²) in [4.78, 5) is 23.6. The lowest BCUT2D eigenvalue weighted by molar-refractivity contribution is -0.148. The van der Waals surface area contributed by atoms with E-state index in [0.717, 1.165) is 32.1 Å². The van der Waals surface area contributed by atoms with Crippen LogP contribution in [-0.4, -0.2) is 24.1 Å². The smallest absolute Gasteiger partial charge is 0.309 e. The lowest BCUT2D eigenvalue weighted by atomic mass is 9.47. The van der Waals surface area contributed by atoms with Gasteiger partial charge in [-0.25, -0.2) is 0 Å². The van der Waals surface area contributed by atoms with Gasteiger partial charge in [-0.3, -0.25) is 9.59 Å². The van der Waals surface area contributed by atoms with Gasteiger partial charge in [0, 0.05) is 19.3 Å². The van der Waals surface area contributed by atoms with Crippen LogP contribution in [0.1, 0.15) is 72.6 Å². The third kappa shape index (κ3) is 2.42. The number of allylic oxidation sites excluding steroid dienone is 1. The SMILES string of the molecule is CC(=O)O[C@H]1CC[C@@]2(C)C(=CC[C@@H]3[C@@H]2CC[C@]2(C)C4C(C[C@@H]32)OC(=O)C4C)C1. The van der Waals surface area contributed by atoms with Gasteiger partial charge in [0.25, 0.3) is 0 Å². The lowest BCUT2D eigenvalue weighted by Gasteiger charge is -2.58. The predicted molar refractivity (Wildman–Crippen MR) is 105 cm³/mol. The fourth-order valence-electron chi connectivity index (χ4n) is 8.41. The first-order valence-corrected chi connectivity index (χ1v) is 11.3. The van der Waals surface area contributed by atoms with Gasteiger partial charge in [0.15, 0.2) is 0 Å². The number of fused-ring (bicyclic) bond motifs is 7. The van der Waals surface area contributed by atoms with Gasteiger partial charge in [0.2, 0.25) is 0 Å². The van der Waals surface area contributed by atoms with Crippen molar-refractivity contribution in [2.24, 2.45) is 40.4 Å². The van der Waals surface area contributed by atoms with E-state index < -0.39 is 0 Å². The second-order valence-electron chi connectivity index (χ2n) is 10.8. The Labute approximate surface area is 168 Å². The molecular formula is C24H34O4. The molecule has 1 heterocycles. The highest BCUT2D eigenvalue weighted by atomic mass is 16.6. The molecule has 4 heteroatoms. The topological polar surface area (TPSA) is 52.6 Å². The molecule has 1 saturated heterocycles. The number of carbonyl (C=O) groups is 2. The van der Waals surface area contributed by atoms with Crippen LogP contribution in [-0.2, 0) is 19.1 Å². The molecule has 3 unspecified atom stereocenters. The van der Waals surface area contributed by atoms with Gasteiger partial charge >= 0.3 is 11.9 Å². The van der Waals surface area contributed by atoms with Gasteiger partial charge in [-0.2, -0.15) is 0 Å². The minimum absolute atomic E-state index is 0.0263. The maximum Gasteiger partial charge on any atom is 0.309 e. The van der Waals surface area contributed by atoms with Crippen molar-refractivity contribution >= 4 is 11.9 Å². The molecule has 0 N–H and O–H groups in total. The molecule has 0 aromatic rings. The largest absolute Gasteiger partial charge is 0.462 e. The number of esters is 2. The van der Waals surface area contributed by atoms with Crippen LogP contribution in [0.4, 0.5) is 0 Å². The van der Waals surface area contributed by atoms with Gasteiger partial charge in [-0.1, -0.05) is 32.4 Å². The van der Waals surface area contributed by atoms with Crippen LogP contribution in [0, 0.1) is 40.4 Å². The fourth-order valence-corrected chi connectivity index (χ4v) is 8.41. The Balaban J connectivity index is 1.42. The normalized spacial score (nSPS) is 51.9. The summed E-state index contributed by atoms with van der Waals surface area (Å²) in [6.45, 7) is 8.53. The Morgan fingerprint density at radius 1 is 1.21 bits per heavy atom. The highest BCUT2D eigenvalue weighted by molar-refractivity contribution is 5.75. The second-order valence-corrected chi connectivity index (χ2v) is 10.8. The predicted octanol–water partition coefficient (Wildman–Crippen LogP) is 4.67. The summed E-state index contributed by atoms with van der Waals surface area (Å²) in [6, 6.07) is 0. The van der Waals surface area contributed by atoms with Crippen molar-refractivity contribution in [3.63, 3.8) is 0 Å². The first-order valence-electron chi connectivity index (χ1n) is 11.3. The first-order chi connectivity index (χ1) is 13.2. The van der Waals surface area contributed by atoms with E-state index in [1.807, 2.05) is 0 Å². The quantitative estimate of drug-likeness (QED) is 0.485. The molecule has 4 fully saturated rings. The number of hydrogen-bond donors (Lipinski definition) is 0. The molecule has 0 amide bonds. The summed E-state index contributed by atoms with van der Waals surface area (Å²) < 4.78 is 11.4. The Morgan fingerprint density at radius 3 is 2.75 bits per heavy atom. The Morgan fingerprint density at radius 2 is 2.00 bits per heavy atom. The third-order valence-electron chi connectivity index (χ3n) is 9.66. The Kier molecular flexibility index (Phi) is 4.07. The van der Waals surface area contributed by atoms with E-state index in [0.29, 0.717) is 23.7 Å². The van der Waals surface area contributed by atoms with Gasteiger partial charge in [0.1, 0.15) is 12.2 Å². The average molecular weight is 387 g/mol. The van der Waals surface area contributed by atoms with Crippen LogP contribution in [0.5, 0.6) is 0 Å². The maximum absolute atomic E-state index is 12.2. The molecule has 9 atom stereocenters. The zero-order valence-electron chi connectivity index (χ0n) is 17.7. The molecule has 5 aliphatic rings. The van der Waals surface area contributed by atoms with Gasteiger partial charge < -0.3 is 9.47 Å². The van der Waals surface area contributed by atoms with Crippen LogP contribution in [0.3, 0.4) is 0 Å². The molecule has 0 aromatic heterocycles. The van der Waals surface area contributed by atoms with Crippen molar-refractivity contribution in [1.29, 1.82) is 0 Å². The summed E-state index contributed by atoms with van der Waals surface area (Å²) in [7, 11) is 0. The van der Waals surface area contributed by atoms with E-state index in [9.17, 15) is 9.59 Å². The molecule has 28 heavy (non-hydrogen) atoms. The molecule has 3 saturated carbocycles. The standard InChI is InChI=1S/C24H34O4/c1-13-21-20(28-22(13)26)12-19-17-6-5-15-11-16(27-14(2)25)7-9-23(15,3)18(17)8-10-24(19,21)4/h5,13,16-21H,6-12H2,1-4H3/t13?,16-,17+,18-,19-,20?,21?,23-,24-/m0/s1. The van der Waals surface area contributed by atoms with Crippen molar-refractivity contribution < 1.29 is 19.1 Å². The molecular weight excluding hydrogens is 352 g/mol. The summed E-state index contributed by atoms with van der Waals surface area (Å²) in [5.41, 5.74) is 2.03. The van der Waals surface area contributed by atoms with Crippen molar-refractivity contribution in [2.45, 2.75) is 84.8 Å². The molecule has 5 rings (SSSR count). The Bertz CT molecular complexity index is 741. The average Bonchev–Trinajstić information content (AvgIpc) is 3.08. The zero-order valence-corrected chi connectivity index (χ0v) is 17.7. The molecule has 0 bridgehead atoms. The summed E-state index contributed by atoms with van der Waals surface area (Å²) >= 11 is 0. The molecule has 0 spiro atoms. The van der Waals surface area contributed by atoms with Crippen LogP contribution < -0.4 is 0 Å². The van der Waals surface area contributed by atoms with E-state index in [-0.39, 0.29) is 40.9 Å². The van der Waals surface area contributed by atoms with E-state index in [4.69, 9.17) is 9.47 Å². The monoisotopic (exact) mass is 386 g/mol. The minimum Gasteiger partial charge on any atom is -0.462 e. The van der Waals surface area contributed by atoms with Crippen LogP contribution >= 0.6 is 0 Å². The third-order valence-corrected chi connectivity index (χ3v) is 9.66. The number of ether oxygens (including phenoxy) is 2. The van der Waals surface area contributed by atoms with Crippen molar-refractivity contribution in [3.05, 3.63) is 11.6 Å². The molecule has 1 aliphatic heterocycles. The molecule has 4 nitrogen and oxygen atoms in total. The van der Waals surface area contributed by atoms with E-state index in [1.165, 1.54) is 25.3 Å². The lowest BCUT2D eigenvalue weighted by Crippen LogP contribution is -2.51. The minimum atomic E-state index is -0.155. The van der Waals surface area contributed by atoms with E-state index >= 15 is 0 Å². The Hall–Kier alpha value is -1.32. The molecule has 154 valence electrons. The summed E-state index contributed by atoms with van der Waals surface area (Å²) in [5, 5.41) is 0. The summed E-state index contributed by atoms with van der Waals surface area (Å²) in [6.07, 6.45) is 10.4. The van der Waals surface area contributed by atoms with Crippen LogP contribution in [0.25, 0.3) is 0 Å².